The quantitative estimate of drug-likeness (QED) is 0.293. The first-order valence-corrected chi connectivity index (χ1v) is 12.7. The molecular formula is C25H21F4N7O2S. The monoisotopic (exact) mass is 559 g/mol. The van der Waals surface area contributed by atoms with Gasteiger partial charge in [-0.3, -0.25) is 4.99 Å². The summed E-state index contributed by atoms with van der Waals surface area (Å²) in [4.78, 5) is 21.4. The lowest BCUT2D eigenvalue weighted by atomic mass is 9.85. The number of hydrogen-bond acceptors (Lipinski definition) is 10. The summed E-state index contributed by atoms with van der Waals surface area (Å²) in [7, 11) is 0. The minimum absolute atomic E-state index is 0.0555. The van der Waals surface area contributed by atoms with Crippen LogP contribution in [0.4, 0.5) is 29.1 Å². The second kappa shape index (κ2) is 9.07. The van der Waals surface area contributed by atoms with E-state index in [1.165, 1.54) is 25.4 Å². The second-order valence-corrected chi connectivity index (χ2v) is 10.9. The summed E-state index contributed by atoms with van der Waals surface area (Å²) in [5.41, 5.74) is 5.10. The van der Waals surface area contributed by atoms with Crippen molar-refractivity contribution < 1.29 is 26.7 Å². The molecule has 3 aromatic heterocycles. The molecule has 0 saturated heterocycles. The number of nitrogens with two attached hydrogens (primary N) is 1. The molecule has 202 valence electrons. The van der Waals surface area contributed by atoms with Gasteiger partial charge in [0.2, 0.25) is 11.8 Å². The van der Waals surface area contributed by atoms with Gasteiger partial charge in [-0.1, -0.05) is 11.8 Å². The molecule has 39 heavy (non-hydrogen) atoms. The highest BCUT2D eigenvalue weighted by Crippen LogP contribution is 2.68. The van der Waals surface area contributed by atoms with Gasteiger partial charge in [0.1, 0.15) is 11.3 Å². The summed E-state index contributed by atoms with van der Waals surface area (Å²) in [5.74, 6) is -1.59. The van der Waals surface area contributed by atoms with Gasteiger partial charge in [0.05, 0.1) is 28.2 Å². The van der Waals surface area contributed by atoms with Crippen molar-refractivity contribution in [2.24, 2.45) is 16.6 Å². The lowest BCUT2D eigenvalue weighted by Gasteiger charge is -2.34. The predicted molar refractivity (Wildman–Crippen MR) is 136 cm³/mol. The SMILES string of the molecule is Cc1cnc(COc2cnc3c(Nc4cc(F)c(F)c([C@]5(C)N=C(N)S[C@@]6(C(F)F)C[C@@H]56)c4)nccc3n2)o1. The van der Waals surface area contributed by atoms with E-state index in [4.69, 9.17) is 14.9 Å². The van der Waals surface area contributed by atoms with Crippen LogP contribution in [0, 0.1) is 24.5 Å². The third-order valence-electron chi connectivity index (χ3n) is 6.92. The van der Waals surface area contributed by atoms with Crippen molar-refractivity contribution in [3.63, 3.8) is 0 Å². The fourth-order valence-corrected chi connectivity index (χ4v) is 6.30. The van der Waals surface area contributed by atoms with Crippen molar-refractivity contribution in [1.29, 1.82) is 0 Å². The van der Waals surface area contributed by atoms with E-state index in [-0.39, 0.29) is 41.1 Å². The van der Waals surface area contributed by atoms with Gasteiger partial charge in [0, 0.05) is 29.4 Å². The van der Waals surface area contributed by atoms with Crippen LogP contribution >= 0.6 is 11.8 Å². The first kappa shape index (κ1) is 25.3. The Balaban J connectivity index is 1.30. The second-order valence-electron chi connectivity index (χ2n) is 9.55. The fourth-order valence-electron chi connectivity index (χ4n) is 4.97. The molecule has 0 amide bonds. The molecule has 4 aromatic rings. The molecule has 14 heteroatoms. The Morgan fingerprint density at radius 2 is 2.05 bits per heavy atom. The van der Waals surface area contributed by atoms with Crippen LogP contribution in [0.25, 0.3) is 11.0 Å². The molecule has 1 aromatic carbocycles. The Hall–Kier alpha value is -3.94. The Morgan fingerprint density at radius 1 is 1.23 bits per heavy atom. The lowest BCUT2D eigenvalue weighted by Crippen LogP contribution is -2.39. The summed E-state index contributed by atoms with van der Waals surface area (Å²) in [6.07, 6.45) is 1.81. The van der Waals surface area contributed by atoms with Crippen LogP contribution in [0.3, 0.4) is 0 Å². The number of aromatic nitrogens is 4. The molecule has 1 aliphatic heterocycles. The predicted octanol–water partition coefficient (Wildman–Crippen LogP) is 5.22. The van der Waals surface area contributed by atoms with Crippen LogP contribution in [-0.4, -0.2) is 36.3 Å². The largest absolute Gasteiger partial charge is 0.467 e. The molecule has 0 bridgehead atoms. The maximum absolute atomic E-state index is 15.1. The molecule has 1 aliphatic carbocycles. The Bertz CT molecular complexity index is 1630. The van der Waals surface area contributed by atoms with Gasteiger partial charge in [-0.15, -0.1) is 0 Å². The summed E-state index contributed by atoms with van der Waals surface area (Å²) in [6, 6.07) is 3.90. The highest BCUT2D eigenvalue weighted by Gasteiger charge is 2.71. The molecule has 3 N–H and O–H groups in total. The van der Waals surface area contributed by atoms with Crippen LogP contribution < -0.4 is 15.8 Å². The number of oxazole rings is 1. The number of benzene rings is 1. The molecule has 1 saturated carbocycles. The Morgan fingerprint density at radius 3 is 2.79 bits per heavy atom. The molecule has 0 spiro atoms. The molecule has 4 heterocycles. The number of ether oxygens (including phenoxy) is 1. The number of alkyl halides is 2. The number of fused-ring (bicyclic) bond motifs is 2. The van der Waals surface area contributed by atoms with Crippen LogP contribution in [-0.2, 0) is 12.1 Å². The fraction of sp³-hybridized carbons (Fsp3) is 0.320. The van der Waals surface area contributed by atoms with Crippen molar-refractivity contribution in [3.8, 4) is 5.88 Å². The molecule has 6 rings (SSSR count). The summed E-state index contributed by atoms with van der Waals surface area (Å²) < 4.78 is 67.2. The molecule has 9 nitrogen and oxygen atoms in total. The maximum Gasteiger partial charge on any atom is 0.253 e. The number of pyridine rings is 1. The summed E-state index contributed by atoms with van der Waals surface area (Å²) in [5, 5.41) is 2.85. The first-order valence-electron chi connectivity index (χ1n) is 11.8. The molecule has 2 aliphatic rings. The number of amidine groups is 1. The zero-order valence-electron chi connectivity index (χ0n) is 20.6. The van der Waals surface area contributed by atoms with Gasteiger partial charge >= 0.3 is 0 Å². The third kappa shape index (κ3) is 4.32. The van der Waals surface area contributed by atoms with Gasteiger partial charge < -0.3 is 20.2 Å². The van der Waals surface area contributed by atoms with E-state index in [1.807, 2.05) is 0 Å². The summed E-state index contributed by atoms with van der Waals surface area (Å²) >= 11 is 0.792. The van der Waals surface area contributed by atoms with Crippen LogP contribution in [0.2, 0.25) is 0 Å². The number of nitrogens with zero attached hydrogens (tertiary/aromatic N) is 5. The number of nitrogens with one attached hydrogen (secondary N) is 1. The number of anilines is 2. The highest BCUT2D eigenvalue weighted by atomic mass is 32.2. The zero-order valence-corrected chi connectivity index (χ0v) is 21.4. The Kier molecular flexibility index (Phi) is 5.90. The number of aliphatic imine (C=N–C) groups is 1. The van der Waals surface area contributed by atoms with Crippen molar-refractivity contribution in [2.45, 2.75) is 43.6 Å². The normalized spacial score (nSPS) is 24.0. The zero-order chi connectivity index (χ0) is 27.5. The van der Waals surface area contributed by atoms with Crippen LogP contribution in [0.1, 0.15) is 30.6 Å². The van der Waals surface area contributed by atoms with E-state index in [1.54, 1.807) is 19.2 Å². The van der Waals surface area contributed by atoms with E-state index >= 15 is 4.39 Å². The molecule has 3 atom stereocenters. The molecule has 1 fully saturated rings. The van der Waals surface area contributed by atoms with Crippen molar-refractivity contribution in [1.82, 2.24) is 19.9 Å². The average Bonchev–Trinajstić information content (AvgIpc) is 3.51. The standard InChI is InChI=1S/C25H21F4N7O2S/c1-11-8-32-18(38-11)10-37-17-9-33-20-15(35-17)3-4-31-21(20)34-12-5-13(19(27)14(26)6-12)24(2)16-7-25(16,22(28)29)39-23(30)36-24/h3-6,8-9,16,22H,7,10H2,1-2H3,(H2,30,36)(H,31,34)/t16-,24-,25-/m0/s1. The van der Waals surface area contributed by atoms with Gasteiger partial charge in [-0.25, -0.2) is 37.5 Å². The smallest absolute Gasteiger partial charge is 0.253 e. The molecule has 0 unspecified atom stereocenters. The first-order chi connectivity index (χ1) is 18.6. The van der Waals surface area contributed by atoms with Crippen molar-refractivity contribution in [2.75, 3.05) is 5.32 Å². The van der Waals surface area contributed by atoms with Gasteiger partial charge in [-0.2, -0.15) is 0 Å². The van der Waals surface area contributed by atoms with E-state index < -0.39 is 34.3 Å². The number of thioether (sulfide) groups is 1. The maximum atomic E-state index is 15.1. The van der Waals surface area contributed by atoms with E-state index in [0.717, 1.165) is 17.8 Å². The average molecular weight is 560 g/mol. The van der Waals surface area contributed by atoms with E-state index in [0.29, 0.717) is 22.7 Å². The lowest BCUT2D eigenvalue weighted by molar-refractivity contribution is 0.123. The van der Waals surface area contributed by atoms with E-state index in [9.17, 15) is 13.2 Å². The summed E-state index contributed by atoms with van der Waals surface area (Å²) in [6.45, 7) is 3.32. The van der Waals surface area contributed by atoms with E-state index in [2.05, 4.69) is 30.2 Å². The van der Waals surface area contributed by atoms with Gasteiger partial charge in [0.15, 0.2) is 29.2 Å². The van der Waals surface area contributed by atoms with Crippen LogP contribution in [0.15, 0.2) is 46.2 Å². The number of rotatable bonds is 7. The molecule has 0 radical (unpaired) electrons. The van der Waals surface area contributed by atoms with Crippen LogP contribution in [0.5, 0.6) is 5.88 Å². The highest BCUT2D eigenvalue weighted by molar-refractivity contribution is 8.15. The minimum atomic E-state index is -2.69. The number of aryl methyl sites for hydroxylation is 1. The molecular weight excluding hydrogens is 538 g/mol. The van der Waals surface area contributed by atoms with Gasteiger partial charge in [0.25, 0.3) is 6.43 Å². The van der Waals surface area contributed by atoms with Crippen molar-refractivity contribution in [3.05, 3.63) is 65.6 Å². The third-order valence-corrected chi connectivity index (χ3v) is 8.23. The Labute approximate surface area is 223 Å². The number of halogens is 4. The minimum Gasteiger partial charge on any atom is -0.467 e. The number of hydrogen-bond donors (Lipinski definition) is 2. The topological polar surface area (TPSA) is 124 Å². The van der Waals surface area contributed by atoms with Crippen molar-refractivity contribution >= 4 is 39.5 Å². The van der Waals surface area contributed by atoms with Gasteiger partial charge in [-0.05, 0) is 32.4 Å².